The Morgan fingerprint density at radius 3 is 2.42 bits per heavy atom. The first kappa shape index (κ1) is 24.7. The number of amides is 1. The number of carbonyl (C=O) groups excluding carboxylic acids is 3. The maximum Gasteiger partial charge on any atom is 0.354 e. The number of aromatic amines is 1. The number of esters is 1. The van der Waals surface area contributed by atoms with E-state index in [4.69, 9.17) is 4.74 Å². The van der Waals surface area contributed by atoms with Crippen molar-refractivity contribution in [1.82, 2.24) is 14.8 Å². The van der Waals surface area contributed by atoms with Gasteiger partial charge < -0.3 is 24.6 Å². The van der Waals surface area contributed by atoms with Crippen LogP contribution in [0.5, 0.6) is 0 Å². The Morgan fingerprint density at radius 2 is 1.85 bits per heavy atom. The number of aromatic nitrogens is 1. The van der Waals surface area contributed by atoms with Crippen LogP contribution >= 0.6 is 15.9 Å². The van der Waals surface area contributed by atoms with Crippen molar-refractivity contribution in [3.05, 3.63) is 62.4 Å². The average molecular weight is 518 g/mol. The molecule has 1 aliphatic rings. The van der Waals surface area contributed by atoms with Crippen molar-refractivity contribution < 1.29 is 24.2 Å². The minimum Gasteiger partial charge on any atom is -0.507 e. The van der Waals surface area contributed by atoms with Crippen LogP contribution in [0.1, 0.15) is 45.3 Å². The Labute approximate surface area is 201 Å². The third-order valence-electron chi connectivity index (χ3n) is 5.79. The van der Waals surface area contributed by atoms with Crippen molar-refractivity contribution in [1.29, 1.82) is 0 Å². The zero-order valence-corrected chi connectivity index (χ0v) is 20.9. The molecular formula is C24H28BrN3O5. The van der Waals surface area contributed by atoms with Crippen LogP contribution in [0.2, 0.25) is 0 Å². The van der Waals surface area contributed by atoms with E-state index in [1.165, 1.54) is 12.0 Å². The van der Waals surface area contributed by atoms with Gasteiger partial charge >= 0.3 is 5.97 Å². The van der Waals surface area contributed by atoms with Crippen molar-refractivity contribution >= 4 is 39.3 Å². The lowest BCUT2D eigenvalue weighted by Gasteiger charge is -2.26. The van der Waals surface area contributed by atoms with E-state index in [1.54, 1.807) is 13.8 Å². The topological polar surface area (TPSA) is 103 Å². The van der Waals surface area contributed by atoms with Crippen LogP contribution < -0.4 is 0 Å². The predicted octanol–water partition coefficient (Wildman–Crippen LogP) is 3.55. The monoisotopic (exact) mass is 517 g/mol. The minimum atomic E-state index is -0.745. The lowest BCUT2D eigenvalue weighted by Crippen LogP contribution is -2.32. The minimum absolute atomic E-state index is 0.00814. The van der Waals surface area contributed by atoms with Gasteiger partial charge in [-0.15, -0.1) is 0 Å². The fraction of sp³-hybridized carbons (Fsp3) is 0.375. The van der Waals surface area contributed by atoms with Gasteiger partial charge in [-0.1, -0.05) is 28.1 Å². The highest BCUT2D eigenvalue weighted by Crippen LogP contribution is 2.41. The van der Waals surface area contributed by atoms with Crippen LogP contribution in [0.3, 0.4) is 0 Å². The molecule has 33 heavy (non-hydrogen) atoms. The van der Waals surface area contributed by atoms with Crippen LogP contribution in [0.4, 0.5) is 0 Å². The summed E-state index contributed by atoms with van der Waals surface area (Å²) in [7, 11) is 5.15. The van der Waals surface area contributed by atoms with Gasteiger partial charge in [0.1, 0.15) is 11.5 Å². The molecule has 0 spiro atoms. The highest BCUT2D eigenvalue weighted by atomic mass is 79.9. The summed E-state index contributed by atoms with van der Waals surface area (Å²) in [6.07, 6.45) is 0.668. The van der Waals surface area contributed by atoms with Gasteiger partial charge in [0.05, 0.1) is 18.7 Å². The van der Waals surface area contributed by atoms with Gasteiger partial charge in [-0.05, 0) is 64.2 Å². The van der Waals surface area contributed by atoms with Gasteiger partial charge in [0.2, 0.25) is 0 Å². The summed E-state index contributed by atoms with van der Waals surface area (Å²) in [5.74, 6) is -2.28. The number of nitrogens with one attached hydrogen (secondary N) is 1. The molecule has 8 nitrogen and oxygen atoms in total. The molecule has 2 N–H and O–H groups in total. The Kier molecular flexibility index (Phi) is 7.44. The first-order valence-corrected chi connectivity index (χ1v) is 11.3. The summed E-state index contributed by atoms with van der Waals surface area (Å²) in [4.78, 5) is 44.8. The number of aliphatic hydroxyl groups excluding tert-OH is 1. The van der Waals surface area contributed by atoms with Gasteiger partial charge in [-0.2, -0.15) is 0 Å². The number of likely N-dealkylation sites (tertiary alicyclic amines) is 1. The molecule has 0 radical (unpaired) electrons. The largest absolute Gasteiger partial charge is 0.507 e. The van der Waals surface area contributed by atoms with E-state index in [0.29, 0.717) is 35.3 Å². The summed E-state index contributed by atoms with van der Waals surface area (Å²) < 4.78 is 5.66. The van der Waals surface area contributed by atoms with Crippen molar-refractivity contribution in [2.45, 2.75) is 26.3 Å². The maximum atomic E-state index is 13.2. The number of aryl methyl sites for hydroxylation is 1. The van der Waals surface area contributed by atoms with Gasteiger partial charge in [-0.25, -0.2) is 4.79 Å². The number of Topliss-reactive ketones (excluding diaryl/α,β-unsaturated/α-hetero) is 1. The third kappa shape index (κ3) is 4.74. The number of hydrogen-bond donors (Lipinski definition) is 2. The lowest BCUT2D eigenvalue weighted by molar-refractivity contribution is -0.139. The second-order valence-corrected chi connectivity index (χ2v) is 9.23. The number of aliphatic hydroxyl groups is 1. The van der Waals surface area contributed by atoms with E-state index in [9.17, 15) is 19.5 Å². The number of halogens is 1. The number of hydrogen-bond acceptors (Lipinski definition) is 6. The molecule has 0 aliphatic carbocycles. The SMILES string of the molecule is COC(=O)c1[nH]c(C)c(C(O)=C2C(=O)C(=O)N(CCCN(C)C)[C@H]2c2ccc(Br)cc2)c1C. The van der Waals surface area contributed by atoms with E-state index < -0.39 is 23.7 Å². The molecule has 1 aliphatic heterocycles. The smallest absolute Gasteiger partial charge is 0.354 e. The Morgan fingerprint density at radius 1 is 1.21 bits per heavy atom. The van der Waals surface area contributed by atoms with Crippen molar-refractivity contribution in [3.8, 4) is 0 Å². The first-order valence-electron chi connectivity index (χ1n) is 10.5. The molecular weight excluding hydrogens is 490 g/mol. The van der Waals surface area contributed by atoms with Gasteiger partial charge in [0.15, 0.2) is 0 Å². The highest BCUT2D eigenvalue weighted by Gasteiger charge is 2.46. The standard InChI is InChI=1S/C24H28BrN3O5/c1-13-17(14(2)26-19(13)24(32)33-5)21(29)18-20(15-7-9-16(25)10-8-15)28(23(31)22(18)30)12-6-11-27(3)4/h7-10,20,26,29H,6,11-12H2,1-5H3/t20-/m0/s1. The zero-order valence-electron chi connectivity index (χ0n) is 19.4. The van der Waals surface area contributed by atoms with Crippen LogP contribution in [0, 0.1) is 13.8 Å². The molecule has 9 heteroatoms. The molecule has 0 saturated carbocycles. The molecule has 1 aromatic heterocycles. The normalized spacial score (nSPS) is 17.8. The number of benzene rings is 1. The van der Waals surface area contributed by atoms with Crippen molar-refractivity contribution in [2.75, 3.05) is 34.3 Å². The number of nitrogens with zero attached hydrogens (tertiary/aromatic N) is 2. The molecule has 0 unspecified atom stereocenters. The second-order valence-electron chi connectivity index (χ2n) is 8.32. The molecule has 176 valence electrons. The van der Waals surface area contributed by atoms with E-state index in [0.717, 1.165) is 11.0 Å². The fourth-order valence-corrected chi connectivity index (χ4v) is 4.47. The number of carbonyl (C=O) groups is 3. The molecule has 1 aromatic carbocycles. The fourth-order valence-electron chi connectivity index (χ4n) is 4.21. The van der Waals surface area contributed by atoms with Crippen LogP contribution in [-0.2, 0) is 14.3 Å². The Balaban J connectivity index is 2.17. The summed E-state index contributed by atoms with van der Waals surface area (Å²) in [5, 5.41) is 11.3. The van der Waals surface area contributed by atoms with E-state index in [-0.39, 0.29) is 17.0 Å². The highest BCUT2D eigenvalue weighted by molar-refractivity contribution is 9.10. The molecule has 3 rings (SSSR count). The second kappa shape index (κ2) is 9.93. The first-order chi connectivity index (χ1) is 15.6. The van der Waals surface area contributed by atoms with Gasteiger partial charge in [0, 0.05) is 22.3 Å². The van der Waals surface area contributed by atoms with Gasteiger partial charge in [0.25, 0.3) is 11.7 Å². The van der Waals surface area contributed by atoms with E-state index in [2.05, 4.69) is 20.9 Å². The van der Waals surface area contributed by atoms with Crippen molar-refractivity contribution in [3.63, 3.8) is 0 Å². The molecule has 2 aromatic rings. The summed E-state index contributed by atoms with van der Waals surface area (Å²) in [5.41, 5.74) is 2.18. The quantitative estimate of drug-likeness (QED) is 0.252. The zero-order chi connectivity index (χ0) is 24.4. The molecule has 1 atom stereocenters. The summed E-state index contributed by atoms with van der Waals surface area (Å²) >= 11 is 3.41. The third-order valence-corrected chi connectivity index (χ3v) is 6.32. The number of rotatable bonds is 7. The Hall–Kier alpha value is -2.91. The average Bonchev–Trinajstić information content (AvgIpc) is 3.20. The maximum absolute atomic E-state index is 13.2. The van der Waals surface area contributed by atoms with Gasteiger partial charge in [-0.3, -0.25) is 9.59 Å². The molecule has 0 bridgehead atoms. The molecule has 1 fully saturated rings. The summed E-state index contributed by atoms with van der Waals surface area (Å²) in [6, 6.07) is 6.57. The van der Waals surface area contributed by atoms with Crippen molar-refractivity contribution in [2.24, 2.45) is 0 Å². The van der Waals surface area contributed by atoms with Crippen LogP contribution in [0.15, 0.2) is 34.3 Å². The number of methoxy groups -OCH3 is 1. The van der Waals surface area contributed by atoms with E-state index >= 15 is 0 Å². The number of ketones is 1. The molecule has 1 saturated heterocycles. The molecule has 1 amide bonds. The van der Waals surface area contributed by atoms with E-state index in [1.807, 2.05) is 43.3 Å². The number of H-pyrrole nitrogens is 1. The predicted molar refractivity (Wildman–Crippen MR) is 128 cm³/mol. The lowest BCUT2D eigenvalue weighted by atomic mass is 9.94. The van der Waals surface area contributed by atoms with Crippen LogP contribution in [0.25, 0.3) is 5.76 Å². The Bertz CT molecular complexity index is 1120. The van der Waals surface area contributed by atoms with Crippen LogP contribution in [-0.4, -0.2) is 71.8 Å². The molecule has 2 heterocycles. The summed E-state index contributed by atoms with van der Waals surface area (Å²) in [6.45, 7) is 4.45. The number of ether oxygens (including phenoxy) is 1.